The maximum absolute atomic E-state index is 13.1. The molecule has 0 radical (unpaired) electrons. The second-order valence-corrected chi connectivity index (χ2v) is 8.61. The van der Waals surface area contributed by atoms with Gasteiger partial charge in [-0.15, -0.1) is 0 Å². The van der Waals surface area contributed by atoms with Gasteiger partial charge < -0.3 is 10.5 Å². The molecular weight excluding hydrogens is 367 g/mol. The van der Waals surface area contributed by atoms with E-state index in [1.807, 2.05) is 12.2 Å². The molecule has 2 aromatic rings. The summed E-state index contributed by atoms with van der Waals surface area (Å²) in [5.41, 5.74) is 7.07. The van der Waals surface area contributed by atoms with Crippen molar-refractivity contribution in [2.75, 3.05) is 18.8 Å². The molecule has 142 valence electrons. The number of ether oxygens (including phenoxy) is 1. The molecule has 1 atom stereocenters. The van der Waals surface area contributed by atoms with E-state index < -0.39 is 10.0 Å². The van der Waals surface area contributed by atoms with Gasteiger partial charge in [0.2, 0.25) is 0 Å². The van der Waals surface area contributed by atoms with Crippen molar-refractivity contribution in [3.63, 3.8) is 0 Å². The summed E-state index contributed by atoms with van der Waals surface area (Å²) in [5, 5.41) is 0. The predicted octanol–water partition coefficient (Wildman–Crippen LogP) is 3.69. The van der Waals surface area contributed by atoms with Gasteiger partial charge in [0, 0.05) is 24.3 Å². The molecule has 1 aliphatic rings. The van der Waals surface area contributed by atoms with Crippen LogP contribution < -0.4 is 14.4 Å². The van der Waals surface area contributed by atoms with Crippen LogP contribution in [0.4, 0.5) is 10.1 Å². The smallest absolute Gasteiger partial charge is 0.306 e. The summed E-state index contributed by atoms with van der Waals surface area (Å²) < 4.78 is 44.5. The third kappa shape index (κ3) is 3.80. The molecule has 5 nitrogen and oxygen atoms in total. The van der Waals surface area contributed by atoms with Crippen LogP contribution in [0.5, 0.6) is 11.5 Å². The largest absolute Gasteiger partial charge is 0.457 e. The van der Waals surface area contributed by atoms with Gasteiger partial charge >= 0.3 is 10.0 Å². The normalized spacial score (nSPS) is 19.6. The van der Waals surface area contributed by atoms with Gasteiger partial charge in [0.1, 0.15) is 30.1 Å². The fourth-order valence-electron chi connectivity index (χ4n) is 3.03. The van der Waals surface area contributed by atoms with Gasteiger partial charge in [0.25, 0.3) is 0 Å². The van der Waals surface area contributed by atoms with Crippen molar-refractivity contribution in [3.8, 4) is 11.5 Å². The van der Waals surface area contributed by atoms with E-state index in [9.17, 15) is 12.8 Å². The minimum atomic E-state index is -3.53. The predicted molar refractivity (Wildman–Crippen MR) is 105 cm³/mol. The Morgan fingerprint density at radius 1 is 1.15 bits per heavy atom. The van der Waals surface area contributed by atoms with Gasteiger partial charge in [0.05, 0.1) is 5.75 Å². The Morgan fingerprint density at radius 2 is 1.89 bits per heavy atom. The van der Waals surface area contributed by atoms with Crippen molar-refractivity contribution in [3.05, 3.63) is 78.3 Å². The third-order valence-electron chi connectivity index (χ3n) is 4.48. The molecule has 0 spiro atoms. The van der Waals surface area contributed by atoms with Gasteiger partial charge in [-0.3, -0.25) is 0 Å². The zero-order chi connectivity index (χ0) is 19.5. The highest BCUT2D eigenvalue weighted by Crippen LogP contribution is 2.35. The molecule has 0 saturated carbocycles. The van der Waals surface area contributed by atoms with Crippen LogP contribution in [0.1, 0.15) is 6.92 Å². The van der Waals surface area contributed by atoms with Crippen molar-refractivity contribution in [1.82, 2.24) is 3.89 Å². The molecule has 1 unspecified atom stereocenters. The van der Waals surface area contributed by atoms with Crippen molar-refractivity contribution >= 4 is 15.7 Å². The molecule has 27 heavy (non-hydrogen) atoms. The summed E-state index contributed by atoms with van der Waals surface area (Å²) in [7, 11) is -3.53. The highest BCUT2D eigenvalue weighted by atomic mass is 32.2. The zero-order valence-electron chi connectivity index (χ0n) is 15.0. The van der Waals surface area contributed by atoms with E-state index in [1.165, 1.54) is 24.3 Å². The number of sulfonamides is 1. The number of hydrogen-bond acceptors (Lipinski definition) is 4. The first-order valence-electron chi connectivity index (χ1n) is 8.63. The first kappa shape index (κ1) is 19.3. The second-order valence-electron chi connectivity index (χ2n) is 6.21. The first-order valence-corrected chi connectivity index (χ1v) is 10.2. The SMILES string of the molecule is CCS(=O)(=O)[N+]1(c2cccc(Oc3ccc(F)cc3)c2)C=C(CN)C=CC1. The Balaban J connectivity index is 2.05. The number of halogens is 1. The molecular formula is C20H22FN2O3S+. The van der Waals surface area contributed by atoms with Crippen LogP contribution in [0, 0.1) is 5.82 Å². The fourth-order valence-corrected chi connectivity index (χ4v) is 4.54. The van der Waals surface area contributed by atoms with Crippen molar-refractivity contribution in [2.24, 2.45) is 5.73 Å². The highest BCUT2D eigenvalue weighted by Gasteiger charge is 2.42. The molecule has 0 bridgehead atoms. The zero-order valence-corrected chi connectivity index (χ0v) is 15.8. The van der Waals surface area contributed by atoms with Crippen LogP contribution in [0.3, 0.4) is 0 Å². The topological polar surface area (TPSA) is 69.4 Å². The standard InChI is InChI=1S/C20H22FN2O3S/c1-2-27(24,25)23(12-4-5-16(14-22)15-23)18-6-3-7-20(13-18)26-19-10-8-17(21)9-11-19/h3-11,13,15H,2,12,14,22H2,1H3/q+1. The van der Waals surface area contributed by atoms with E-state index in [0.717, 1.165) is 5.57 Å². The lowest BCUT2D eigenvalue weighted by Gasteiger charge is -2.34. The molecule has 0 aliphatic carbocycles. The molecule has 3 rings (SSSR count). The van der Waals surface area contributed by atoms with Crippen molar-refractivity contribution in [2.45, 2.75) is 6.92 Å². The summed E-state index contributed by atoms with van der Waals surface area (Å²) in [6, 6.07) is 12.6. The summed E-state index contributed by atoms with van der Waals surface area (Å²) >= 11 is 0. The molecule has 2 aromatic carbocycles. The lowest BCUT2D eigenvalue weighted by Crippen LogP contribution is -2.51. The van der Waals surface area contributed by atoms with Crippen LogP contribution in [0.15, 0.2) is 72.5 Å². The van der Waals surface area contributed by atoms with Crippen molar-refractivity contribution < 1.29 is 17.5 Å². The van der Waals surface area contributed by atoms with Crippen LogP contribution >= 0.6 is 0 Å². The maximum atomic E-state index is 13.1. The third-order valence-corrected chi connectivity index (χ3v) is 6.67. The monoisotopic (exact) mass is 389 g/mol. The number of benzene rings is 2. The highest BCUT2D eigenvalue weighted by molar-refractivity contribution is 7.91. The second kappa shape index (κ2) is 7.64. The number of quaternary nitrogens is 1. The molecule has 2 N–H and O–H groups in total. The number of rotatable bonds is 6. The fraction of sp³-hybridized carbons (Fsp3) is 0.200. The maximum Gasteiger partial charge on any atom is 0.306 e. The Kier molecular flexibility index (Phi) is 5.46. The van der Waals surface area contributed by atoms with E-state index in [1.54, 1.807) is 37.4 Å². The molecule has 0 fully saturated rings. The number of nitrogens with zero attached hydrogens (tertiary/aromatic N) is 1. The summed E-state index contributed by atoms with van der Waals surface area (Å²) in [6.07, 6.45) is 5.36. The van der Waals surface area contributed by atoms with Crippen molar-refractivity contribution in [1.29, 1.82) is 0 Å². The van der Waals surface area contributed by atoms with E-state index >= 15 is 0 Å². The van der Waals surface area contributed by atoms with E-state index in [4.69, 9.17) is 10.5 Å². The van der Waals surface area contributed by atoms with Crippen LogP contribution in [0.2, 0.25) is 0 Å². The van der Waals surface area contributed by atoms with E-state index in [0.29, 0.717) is 17.2 Å². The molecule has 1 aliphatic heterocycles. The lowest BCUT2D eigenvalue weighted by atomic mass is 10.2. The summed E-state index contributed by atoms with van der Waals surface area (Å²) in [5.74, 6) is 0.572. The molecule has 1 heterocycles. The Hall–Kier alpha value is -2.48. The van der Waals surface area contributed by atoms with Crippen LogP contribution in [-0.4, -0.2) is 27.3 Å². The Labute approximate surface area is 158 Å². The Morgan fingerprint density at radius 3 is 2.56 bits per heavy atom. The number of nitrogens with two attached hydrogens (primary N) is 1. The average Bonchev–Trinajstić information content (AvgIpc) is 2.69. The van der Waals surface area contributed by atoms with Gasteiger partial charge in [0.15, 0.2) is 5.69 Å². The first-order chi connectivity index (χ1) is 12.9. The van der Waals surface area contributed by atoms with Crippen LogP contribution in [-0.2, 0) is 10.0 Å². The minimum Gasteiger partial charge on any atom is -0.457 e. The molecule has 0 amide bonds. The van der Waals surface area contributed by atoms with E-state index in [2.05, 4.69) is 0 Å². The summed E-state index contributed by atoms with van der Waals surface area (Å²) in [4.78, 5) is 0. The lowest BCUT2D eigenvalue weighted by molar-refractivity contribution is 0.476. The van der Waals surface area contributed by atoms with Gasteiger partial charge in [-0.1, -0.05) is 12.1 Å². The average molecular weight is 389 g/mol. The molecule has 0 aromatic heterocycles. The van der Waals surface area contributed by atoms with E-state index in [-0.39, 0.29) is 28.5 Å². The Bertz CT molecular complexity index is 985. The van der Waals surface area contributed by atoms with Gasteiger partial charge in [-0.2, -0.15) is 12.3 Å². The van der Waals surface area contributed by atoms with Gasteiger partial charge in [-0.25, -0.2) is 4.39 Å². The minimum absolute atomic E-state index is 0.0156. The molecule has 0 saturated heterocycles. The van der Waals surface area contributed by atoms with Gasteiger partial charge in [-0.05, 0) is 43.3 Å². The summed E-state index contributed by atoms with van der Waals surface area (Å²) in [6.45, 7) is 2.16. The molecule has 7 heteroatoms. The van der Waals surface area contributed by atoms with Crippen LogP contribution in [0.25, 0.3) is 0 Å². The quantitative estimate of drug-likeness (QED) is 0.765. The number of hydrogen-bond donors (Lipinski definition) is 1.